The predicted molar refractivity (Wildman–Crippen MR) is 81.1 cm³/mol. The average molecular weight is 280 g/mol. The number of anilines is 1. The minimum atomic E-state index is -0.654. The second-order valence-electron chi connectivity index (χ2n) is 5.24. The highest BCUT2D eigenvalue weighted by Gasteiger charge is 2.25. The SMILES string of the molecule is Cc1cc(NCC(C)(C)C(N)=O)c(C(N)=S)c(C)n1. The molecule has 1 rings (SSSR count). The van der Waals surface area contributed by atoms with Crippen LogP contribution in [0.4, 0.5) is 5.69 Å². The Kier molecular flexibility index (Phi) is 4.47. The van der Waals surface area contributed by atoms with Crippen LogP contribution in [0.2, 0.25) is 0 Å². The van der Waals surface area contributed by atoms with Crippen molar-refractivity contribution in [1.82, 2.24) is 4.98 Å². The summed E-state index contributed by atoms with van der Waals surface area (Å²) in [6.07, 6.45) is 0. The van der Waals surface area contributed by atoms with E-state index in [1.165, 1.54) is 0 Å². The van der Waals surface area contributed by atoms with Gasteiger partial charge >= 0.3 is 0 Å². The Bertz CT molecular complexity index is 526. The molecule has 1 heterocycles. The Balaban J connectivity index is 3.07. The molecule has 104 valence electrons. The molecule has 5 nitrogen and oxygen atoms in total. The smallest absolute Gasteiger partial charge is 0.224 e. The second kappa shape index (κ2) is 5.52. The van der Waals surface area contributed by atoms with E-state index < -0.39 is 5.41 Å². The summed E-state index contributed by atoms with van der Waals surface area (Å²) in [4.78, 5) is 15.9. The number of nitrogens with zero attached hydrogens (tertiary/aromatic N) is 1. The molecule has 0 fully saturated rings. The fourth-order valence-corrected chi connectivity index (χ4v) is 1.94. The van der Waals surface area contributed by atoms with Crippen molar-refractivity contribution in [3.8, 4) is 0 Å². The summed E-state index contributed by atoms with van der Waals surface area (Å²) in [5.74, 6) is -0.362. The summed E-state index contributed by atoms with van der Waals surface area (Å²) in [6, 6.07) is 1.86. The van der Waals surface area contributed by atoms with E-state index in [0.29, 0.717) is 12.1 Å². The number of pyridine rings is 1. The summed E-state index contributed by atoms with van der Waals surface area (Å²) < 4.78 is 0. The first-order valence-electron chi connectivity index (χ1n) is 5.97. The van der Waals surface area contributed by atoms with Crippen molar-refractivity contribution in [2.75, 3.05) is 11.9 Å². The van der Waals surface area contributed by atoms with Gasteiger partial charge in [-0.25, -0.2) is 0 Å². The van der Waals surface area contributed by atoms with Crippen LogP contribution >= 0.6 is 12.2 Å². The molecule has 0 aliphatic heterocycles. The highest BCUT2D eigenvalue weighted by Crippen LogP contribution is 2.22. The van der Waals surface area contributed by atoms with Crippen LogP contribution in [-0.4, -0.2) is 22.4 Å². The number of primary amides is 1. The Morgan fingerprint density at radius 2 is 2.00 bits per heavy atom. The number of thiocarbonyl (C=S) groups is 1. The van der Waals surface area contributed by atoms with E-state index in [1.54, 1.807) is 13.8 Å². The number of aryl methyl sites for hydroxylation is 2. The third-order valence-corrected chi connectivity index (χ3v) is 3.17. The van der Waals surface area contributed by atoms with Gasteiger partial charge in [-0.15, -0.1) is 0 Å². The van der Waals surface area contributed by atoms with Crippen molar-refractivity contribution >= 4 is 28.8 Å². The Morgan fingerprint density at radius 1 is 1.42 bits per heavy atom. The van der Waals surface area contributed by atoms with Crippen molar-refractivity contribution < 1.29 is 4.79 Å². The Hall–Kier alpha value is -1.69. The monoisotopic (exact) mass is 280 g/mol. The van der Waals surface area contributed by atoms with E-state index in [0.717, 1.165) is 17.1 Å². The van der Waals surface area contributed by atoms with Crippen LogP contribution in [0.1, 0.15) is 30.8 Å². The number of amides is 1. The zero-order valence-electron chi connectivity index (χ0n) is 11.7. The van der Waals surface area contributed by atoms with Crippen molar-refractivity contribution in [1.29, 1.82) is 0 Å². The topological polar surface area (TPSA) is 94.0 Å². The molecule has 0 aromatic carbocycles. The molecular formula is C13H20N4OS. The highest BCUT2D eigenvalue weighted by atomic mass is 32.1. The average Bonchev–Trinajstić information content (AvgIpc) is 2.24. The lowest BCUT2D eigenvalue weighted by molar-refractivity contribution is -0.125. The van der Waals surface area contributed by atoms with Gasteiger partial charge in [-0.05, 0) is 33.8 Å². The normalized spacial score (nSPS) is 11.2. The quantitative estimate of drug-likeness (QED) is 0.706. The molecule has 0 saturated carbocycles. The van der Waals surface area contributed by atoms with Gasteiger partial charge in [0.15, 0.2) is 0 Å². The number of hydrogen-bond acceptors (Lipinski definition) is 4. The molecular weight excluding hydrogens is 260 g/mol. The van der Waals surface area contributed by atoms with E-state index in [4.69, 9.17) is 23.7 Å². The van der Waals surface area contributed by atoms with Crippen LogP contribution in [0.3, 0.4) is 0 Å². The Labute approximate surface area is 118 Å². The minimum absolute atomic E-state index is 0.282. The first-order valence-corrected chi connectivity index (χ1v) is 6.38. The van der Waals surface area contributed by atoms with Gasteiger partial charge in [0, 0.05) is 23.6 Å². The first-order chi connectivity index (χ1) is 8.65. The molecule has 0 unspecified atom stereocenters. The van der Waals surface area contributed by atoms with Crippen LogP contribution in [0, 0.1) is 19.3 Å². The summed E-state index contributed by atoms with van der Waals surface area (Å²) in [5.41, 5.74) is 13.5. The predicted octanol–water partition coefficient (Wildman–Crippen LogP) is 1.26. The Morgan fingerprint density at radius 3 is 2.47 bits per heavy atom. The number of nitrogens with two attached hydrogens (primary N) is 2. The van der Waals surface area contributed by atoms with Gasteiger partial charge in [-0.3, -0.25) is 9.78 Å². The van der Waals surface area contributed by atoms with Gasteiger partial charge in [0.05, 0.1) is 11.0 Å². The van der Waals surface area contributed by atoms with Gasteiger partial charge in [-0.2, -0.15) is 0 Å². The third kappa shape index (κ3) is 3.64. The van der Waals surface area contributed by atoms with Crippen LogP contribution in [0.5, 0.6) is 0 Å². The molecule has 0 bridgehead atoms. The molecule has 0 radical (unpaired) electrons. The molecule has 6 heteroatoms. The van der Waals surface area contributed by atoms with E-state index in [9.17, 15) is 4.79 Å². The largest absolute Gasteiger partial charge is 0.389 e. The number of hydrogen-bond donors (Lipinski definition) is 3. The maximum absolute atomic E-state index is 11.3. The number of carbonyl (C=O) groups excluding carboxylic acids is 1. The minimum Gasteiger partial charge on any atom is -0.389 e. The molecule has 0 aliphatic rings. The first kappa shape index (κ1) is 15.4. The van der Waals surface area contributed by atoms with Gasteiger partial charge < -0.3 is 16.8 Å². The molecule has 19 heavy (non-hydrogen) atoms. The van der Waals surface area contributed by atoms with Gasteiger partial charge in [0.1, 0.15) is 4.99 Å². The van der Waals surface area contributed by atoms with Gasteiger partial charge in [0.2, 0.25) is 5.91 Å². The number of aromatic nitrogens is 1. The molecule has 1 amide bonds. The fraction of sp³-hybridized carbons (Fsp3) is 0.462. The maximum atomic E-state index is 11.3. The lowest BCUT2D eigenvalue weighted by Gasteiger charge is -2.23. The number of rotatable bonds is 5. The number of nitrogens with one attached hydrogen (secondary N) is 1. The van der Waals surface area contributed by atoms with Crippen LogP contribution in [-0.2, 0) is 4.79 Å². The molecule has 0 spiro atoms. The molecule has 1 aromatic rings. The molecule has 1 aromatic heterocycles. The van der Waals surface area contributed by atoms with E-state index >= 15 is 0 Å². The van der Waals surface area contributed by atoms with Crippen LogP contribution in [0.25, 0.3) is 0 Å². The van der Waals surface area contributed by atoms with Crippen LogP contribution < -0.4 is 16.8 Å². The molecule has 0 aliphatic carbocycles. The fourth-order valence-electron chi connectivity index (χ4n) is 1.68. The standard InChI is InChI=1S/C13H20N4OS/c1-7-5-9(10(11(14)19)8(2)17-7)16-6-13(3,4)12(15)18/h5H,6H2,1-4H3,(H2,14,19)(H2,15,18)(H,16,17). The zero-order valence-corrected chi connectivity index (χ0v) is 12.5. The second-order valence-corrected chi connectivity index (χ2v) is 5.68. The molecule has 0 saturated heterocycles. The van der Waals surface area contributed by atoms with Gasteiger partial charge in [0.25, 0.3) is 0 Å². The maximum Gasteiger partial charge on any atom is 0.224 e. The van der Waals surface area contributed by atoms with Crippen LogP contribution in [0.15, 0.2) is 6.07 Å². The lowest BCUT2D eigenvalue weighted by Crippen LogP contribution is -2.37. The van der Waals surface area contributed by atoms with E-state index in [1.807, 2.05) is 19.9 Å². The lowest BCUT2D eigenvalue weighted by atomic mass is 9.92. The zero-order chi connectivity index (χ0) is 14.8. The molecule has 5 N–H and O–H groups in total. The van der Waals surface area contributed by atoms with Gasteiger partial charge in [-0.1, -0.05) is 12.2 Å². The van der Waals surface area contributed by atoms with Crippen molar-refractivity contribution in [3.05, 3.63) is 23.0 Å². The summed E-state index contributed by atoms with van der Waals surface area (Å²) >= 11 is 5.05. The van der Waals surface area contributed by atoms with Crippen molar-refractivity contribution in [3.63, 3.8) is 0 Å². The van der Waals surface area contributed by atoms with Crippen molar-refractivity contribution in [2.45, 2.75) is 27.7 Å². The van der Waals surface area contributed by atoms with E-state index in [2.05, 4.69) is 10.3 Å². The highest BCUT2D eigenvalue weighted by molar-refractivity contribution is 7.80. The van der Waals surface area contributed by atoms with E-state index in [-0.39, 0.29) is 10.9 Å². The summed E-state index contributed by atoms with van der Waals surface area (Å²) in [5, 5.41) is 3.19. The number of carbonyl (C=O) groups is 1. The van der Waals surface area contributed by atoms with Crippen molar-refractivity contribution in [2.24, 2.45) is 16.9 Å². The summed E-state index contributed by atoms with van der Waals surface area (Å²) in [7, 11) is 0. The third-order valence-electron chi connectivity index (χ3n) is 2.96. The summed E-state index contributed by atoms with van der Waals surface area (Å²) in [6.45, 7) is 7.71. The molecule has 0 atom stereocenters.